The van der Waals surface area contributed by atoms with Crippen LogP contribution in [0.5, 0.6) is 0 Å². The number of rotatable bonds is 8. The van der Waals surface area contributed by atoms with Crippen molar-refractivity contribution in [1.29, 1.82) is 0 Å². The van der Waals surface area contributed by atoms with Crippen molar-refractivity contribution in [2.75, 3.05) is 0 Å². The van der Waals surface area contributed by atoms with E-state index in [-0.39, 0.29) is 11.2 Å². The minimum atomic E-state index is -0.351. The SMILES string of the molecule is CCCCCCCCCn1c(Br)nc2c1c(=O)n(C)c(=O)n2C. The second-order valence-electron chi connectivity index (χ2n) is 6.03. The number of aromatic nitrogens is 4. The lowest BCUT2D eigenvalue weighted by Crippen LogP contribution is -2.37. The molecule has 0 spiro atoms. The molecule has 0 N–H and O–H groups in total. The molecular formula is C16H25BrN4O2. The molecule has 128 valence electrons. The summed E-state index contributed by atoms with van der Waals surface area (Å²) >= 11 is 3.42. The molecule has 0 atom stereocenters. The largest absolute Gasteiger partial charge is 0.332 e. The summed E-state index contributed by atoms with van der Waals surface area (Å²) in [6.07, 6.45) is 8.51. The Morgan fingerprint density at radius 1 is 0.957 bits per heavy atom. The summed E-state index contributed by atoms with van der Waals surface area (Å²) in [6.45, 7) is 2.95. The van der Waals surface area contributed by atoms with E-state index in [9.17, 15) is 9.59 Å². The van der Waals surface area contributed by atoms with Crippen LogP contribution in [0, 0.1) is 0 Å². The fraction of sp³-hybridized carbons (Fsp3) is 0.688. The van der Waals surface area contributed by atoms with Crippen molar-refractivity contribution in [2.24, 2.45) is 14.1 Å². The highest BCUT2D eigenvalue weighted by atomic mass is 79.9. The molecule has 0 aliphatic rings. The Bertz CT molecular complexity index is 788. The van der Waals surface area contributed by atoms with E-state index in [1.54, 1.807) is 7.05 Å². The summed E-state index contributed by atoms with van der Waals surface area (Å²) in [7, 11) is 3.14. The van der Waals surface area contributed by atoms with Crippen LogP contribution in [0.15, 0.2) is 14.3 Å². The van der Waals surface area contributed by atoms with Crippen LogP contribution in [-0.4, -0.2) is 18.7 Å². The molecule has 2 rings (SSSR count). The fourth-order valence-corrected chi connectivity index (χ4v) is 3.37. The molecule has 2 aromatic rings. The second kappa shape index (κ2) is 7.95. The van der Waals surface area contributed by atoms with Crippen molar-refractivity contribution in [2.45, 2.75) is 58.4 Å². The van der Waals surface area contributed by atoms with Gasteiger partial charge in [0.05, 0.1) is 0 Å². The molecule has 0 bridgehead atoms. The lowest BCUT2D eigenvalue weighted by atomic mass is 10.1. The topological polar surface area (TPSA) is 61.8 Å². The third kappa shape index (κ3) is 3.76. The first-order chi connectivity index (χ1) is 11.0. The maximum atomic E-state index is 12.4. The molecule has 2 heterocycles. The fourth-order valence-electron chi connectivity index (χ4n) is 2.85. The van der Waals surface area contributed by atoms with Crippen LogP contribution >= 0.6 is 15.9 Å². The predicted octanol–water partition coefficient (Wildman–Crippen LogP) is 2.95. The molecule has 0 unspecified atom stereocenters. The van der Waals surface area contributed by atoms with Gasteiger partial charge in [-0.15, -0.1) is 0 Å². The van der Waals surface area contributed by atoms with Crippen LogP contribution in [0.25, 0.3) is 11.2 Å². The van der Waals surface area contributed by atoms with Gasteiger partial charge in [-0.25, -0.2) is 9.78 Å². The van der Waals surface area contributed by atoms with Crippen molar-refractivity contribution in [3.63, 3.8) is 0 Å². The van der Waals surface area contributed by atoms with Gasteiger partial charge in [-0.3, -0.25) is 13.9 Å². The molecule has 6 nitrogen and oxygen atoms in total. The first kappa shape index (κ1) is 18.0. The summed E-state index contributed by atoms with van der Waals surface area (Å²) < 4.78 is 5.04. The molecule has 0 aliphatic heterocycles. The number of imidazole rings is 1. The van der Waals surface area contributed by atoms with Gasteiger partial charge in [0.2, 0.25) is 0 Å². The Kier molecular flexibility index (Phi) is 6.21. The van der Waals surface area contributed by atoms with Crippen LogP contribution in [0.1, 0.15) is 51.9 Å². The van der Waals surface area contributed by atoms with Gasteiger partial charge < -0.3 is 4.57 Å². The number of halogens is 1. The average molecular weight is 385 g/mol. The maximum absolute atomic E-state index is 12.4. The lowest BCUT2D eigenvalue weighted by molar-refractivity contribution is 0.550. The van der Waals surface area contributed by atoms with Gasteiger partial charge >= 0.3 is 5.69 Å². The number of aryl methyl sites for hydroxylation is 2. The third-order valence-corrected chi connectivity index (χ3v) is 4.89. The molecule has 0 fully saturated rings. The molecule has 0 saturated carbocycles. The van der Waals surface area contributed by atoms with Gasteiger partial charge in [0, 0.05) is 20.6 Å². The maximum Gasteiger partial charge on any atom is 0.332 e. The number of nitrogens with zero attached hydrogens (tertiary/aromatic N) is 4. The zero-order valence-electron chi connectivity index (χ0n) is 14.1. The average Bonchev–Trinajstić information content (AvgIpc) is 2.87. The molecule has 0 amide bonds. The molecule has 0 aromatic carbocycles. The molecule has 2 aromatic heterocycles. The molecule has 0 aliphatic carbocycles. The van der Waals surface area contributed by atoms with Crippen LogP contribution < -0.4 is 11.2 Å². The van der Waals surface area contributed by atoms with Gasteiger partial charge in [-0.05, 0) is 22.4 Å². The van der Waals surface area contributed by atoms with Crippen LogP contribution in [0.4, 0.5) is 0 Å². The van der Waals surface area contributed by atoms with Crippen LogP contribution in [0.3, 0.4) is 0 Å². The van der Waals surface area contributed by atoms with E-state index in [1.165, 1.54) is 43.7 Å². The van der Waals surface area contributed by atoms with E-state index < -0.39 is 0 Å². The van der Waals surface area contributed by atoms with Crippen molar-refractivity contribution in [3.8, 4) is 0 Å². The zero-order chi connectivity index (χ0) is 17.0. The number of hydrogen-bond donors (Lipinski definition) is 0. The standard InChI is InChI=1S/C16H25BrN4O2/c1-4-5-6-7-8-9-10-11-21-12-13(18-15(21)17)19(2)16(23)20(3)14(12)22/h4-11H2,1-3H3. The molecule has 7 heteroatoms. The van der Waals surface area contributed by atoms with Gasteiger partial charge in [0.25, 0.3) is 5.56 Å². The number of fused-ring (bicyclic) bond motifs is 1. The first-order valence-corrected chi connectivity index (χ1v) is 9.10. The van der Waals surface area contributed by atoms with E-state index in [4.69, 9.17) is 0 Å². The van der Waals surface area contributed by atoms with E-state index in [0.29, 0.717) is 15.9 Å². The van der Waals surface area contributed by atoms with E-state index in [1.807, 2.05) is 4.57 Å². The molecule has 0 saturated heterocycles. The molecular weight excluding hydrogens is 360 g/mol. The highest BCUT2D eigenvalue weighted by Crippen LogP contribution is 2.17. The van der Waals surface area contributed by atoms with Gasteiger partial charge in [0.1, 0.15) is 0 Å². The first-order valence-electron chi connectivity index (χ1n) is 8.30. The lowest BCUT2D eigenvalue weighted by Gasteiger charge is -2.07. The molecule has 0 radical (unpaired) electrons. The summed E-state index contributed by atoms with van der Waals surface area (Å²) in [6, 6.07) is 0. The highest BCUT2D eigenvalue weighted by Gasteiger charge is 2.17. The number of hydrogen-bond acceptors (Lipinski definition) is 3. The summed E-state index contributed by atoms with van der Waals surface area (Å²) in [5.41, 5.74) is 0.292. The second-order valence-corrected chi connectivity index (χ2v) is 6.74. The van der Waals surface area contributed by atoms with Gasteiger partial charge in [-0.2, -0.15) is 0 Å². The van der Waals surface area contributed by atoms with E-state index in [0.717, 1.165) is 24.0 Å². The van der Waals surface area contributed by atoms with Gasteiger partial charge in [-0.1, -0.05) is 45.4 Å². The molecule has 23 heavy (non-hydrogen) atoms. The van der Waals surface area contributed by atoms with Crippen molar-refractivity contribution in [3.05, 3.63) is 25.6 Å². The van der Waals surface area contributed by atoms with Crippen molar-refractivity contribution in [1.82, 2.24) is 18.7 Å². The Labute approximate surface area is 144 Å². The smallest absolute Gasteiger partial charge is 0.313 e. The Morgan fingerprint density at radius 2 is 1.57 bits per heavy atom. The van der Waals surface area contributed by atoms with Gasteiger partial charge in [0.15, 0.2) is 15.9 Å². The predicted molar refractivity (Wildman–Crippen MR) is 95.9 cm³/mol. The van der Waals surface area contributed by atoms with E-state index >= 15 is 0 Å². The zero-order valence-corrected chi connectivity index (χ0v) is 15.7. The van der Waals surface area contributed by atoms with Crippen molar-refractivity contribution >= 4 is 27.1 Å². The quantitative estimate of drug-likeness (QED) is 0.519. The minimum absolute atomic E-state index is 0.288. The van der Waals surface area contributed by atoms with E-state index in [2.05, 4.69) is 27.8 Å². The summed E-state index contributed by atoms with van der Waals surface area (Å²) in [5.74, 6) is 0. The minimum Gasteiger partial charge on any atom is -0.313 e. The number of unbranched alkanes of at least 4 members (excludes halogenated alkanes) is 6. The highest BCUT2D eigenvalue weighted by molar-refractivity contribution is 9.10. The summed E-state index contributed by atoms with van der Waals surface area (Å²) in [4.78, 5) is 28.7. The van der Waals surface area contributed by atoms with Crippen LogP contribution in [-0.2, 0) is 20.6 Å². The Balaban J connectivity index is 2.14. The Hall–Kier alpha value is -1.37. The van der Waals surface area contributed by atoms with Crippen molar-refractivity contribution < 1.29 is 0 Å². The third-order valence-electron chi connectivity index (χ3n) is 4.29. The normalized spacial score (nSPS) is 11.5. The summed E-state index contributed by atoms with van der Waals surface area (Å²) in [5, 5.41) is 0. The monoisotopic (exact) mass is 384 g/mol. The van der Waals surface area contributed by atoms with Crippen LogP contribution in [0.2, 0.25) is 0 Å². The Morgan fingerprint density at radius 3 is 2.22 bits per heavy atom.